The fourth-order valence-corrected chi connectivity index (χ4v) is 1.88. The third kappa shape index (κ3) is 5.07. The molecule has 1 aliphatic rings. The fourth-order valence-electron chi connectivity index (χ4n) is 1.88. The number of rotatable bonds is 2. The lowest BCUT2D eigenvalue weighted by atomic mass is 9.97. The maximum Gasteiger partial charge on any atom is 0.0495 e. The van der Waals surface area contributed by atoms with Crippen LogP contribution in [0, 0.1) is 5.92 Å². The van der Waals surface area contributed by atoms with Crippen molar-refractivity contribution in [2.45, 2.75) is 64.8 Å². The molecule has 1 rings (SSSR count). The lowest BCUT2D eigenvalue weighted by Gasteiger charge is -2.15. The standard InChI is InChI=1S/C12H23N/c1-11(2)10-13-12-8-6-4-3-5-7-9-12/h10-12H,3-9H2,1-2H3/b13-10+. The Balaban J connectivity index is 2.29. The van der Waals surface area contributed by atoms with Crippen molar-refractivity contribution in [1.29, 1.82) is 0 Å². The van der Waals surface area contributed by atoms with Crippen LogP contribution in [0.2, 0.25) is 0 Å². The zero-order valence-electron chi connectivity index (χ0n) is 9.13. The first-order valence-electron chi connectivity index (χ1n) is 5.82. The molecule has 13 heavy (non-hydrogen) atoms. The third-order valence-corrected chi connectivity index (χ3v) is 2.67. The first-order chi connectivity index (χ1) is 6.29. The molecular formula is C12H23N. The molecule has 0 aromatic carbocycles. The Kier molecular flexibility index (Phi) is 5.10. The molecule has 1 nitrogen and oxygen atoms in total. The van der Waals surface area contributed by atoms with E-state index in [1.54, 1.807) is 0 Å². The number of hydrogen-bond donors (Lipinski definition) is 0. The highest BCUT2D eigenvalue weighted by atomic mass is 14.8. The van der Waals surface area contributed by atoms with Crippen LogP contribution < -0.4 is 0 Å². The summed E-state index contributed by atoms with van der Waals surface area (Å²) in [5.74, 6) is 0.616. The summed E-state index contributed by atoms with van der Waals surface area (Å²) in [5, 5.41) is 0. The second kappa shape index (κ2) is 6.17. The van der Waals surface area contributed by atoms with Crippen molar-refractivity contribution >= 4 is 6.21 Å². The molecule has 0 heterocycles. The first kappa shape index (κ1) is 10.7. The first-order valence-corrected chi connectivity index (χ1v) is 5.82. The van der Waals surface area contributed by atoms with Gasteiger partial charge in [0, 0.05) is 12.3 Å². The molecule has 0 radical (unpaired) electrons. The molecule has 1 saturated carbocycles. The SMILES string of the molecule is CC(C)/C=N/C1CCCCCCC1. The monoisotopic (exact) mass is 181 g/mol. The minimum absolute atomic E-state index is 0.616. The van der Waals surface area contributed by atoms with Crippen LogP contribution in [-0.2, 0) is 0 Å². The van der Waals surface area contributed by atoms with Crippen LogP contribution in [0.15, 0.2) is 4.99 Å². The van der Waals surface area contributed by atoms with Crippen LogP contribution in [0.3, 0.4) is 0 Å². The molecule has 1 aliphatic carbocycles. The highest BCUT2D eigenvalue weighted by molar-refractivity contribution is 5.59. The lowest BCUT2D eigenvalue weighted by Crippen LogP contribution is -2.08. The van der Waals surface area contributed by atoms with Crippen molar-refractivity contribution in [3.8, 4) is 0 Å². The number of hydrogen-bond acceptors (Lipinski definition) is 1. The van der Waals surface area contributed by atoms with Gasteiger partial charge in [0.1, 0.15) is 0 Å². The summed E-state index contributed by atoms with van der Waals surface area (Å²) in [6.45, 7) is 4.40. The zero-order valence-corrected chi connectivity index (χ0v) is 9.13. The van der Waals surface area contributed by atoms with E-state index >= 15 is 0 Å². The van der Waals surface area contributed by atoms with Crippen LogP contribution in [0.4, 0.5) is 0 Å². The maximum atomic E-state index is 4.66. The van der Waals surface area contributed by atoms with Gasteiger partial charge in [-0.15, -0.1) is 0 Å². The maximum absolute atomic E-state index is 4.66. The number of nitrogens with zero attached hydrogens (tertiary/aromatic N) is 1. The normalized spacial score (nSPS) is 22.1. The summed E-state index contributed by atoms with van der Waals surface area (Å²) in [5.41, 5.74) is 0. The summed E-state index contributed by atoms with van der Waals surface area (Å²) < 4.78 is 0. The van der Waals surface area contributed by atoms with E-state index in [2.05, 4.69) is 25.1 Å². The predicted molar refractivity (Wildman–Crippen MR) is 59.4 cm³/mol. The third-order valence-electron chi connectivity index (χ3n) is 2.67. The zero-order chi connectivity index (χ0) is 9.52. The molecule has 0 unspecified atom stereocenters. The van der Waals surface area contributed by atoms with Crippen LogP contribution in [0.5, 0.6) is 0 Å². The summed E-state index contributed by atoms with van der Waals surface area (Å²) in [4.78, 5) is 4.66. The minimum Gasteiger partial charge on any atom is -0.294 e. The molecule has 0 bridgehead atoms. The average Bonchev–Trinajstić information content (AvgIpc) is 2.01. The lowest BCUT2D eigenvalue weighted by molar-refractivity contribution is 0.455. The van der Waals surface area contributed by atoms with Crippen LogP contribution in [0.25, 0.3) is 0 Å². The van der Waals surface area contributed by atoms with Gasteiger partial charge in [-0.3, -0.25) is 4.99 Å². The van der Waals surface area contributed by atoms with Crippen molar-refractivity contribution < 1.29 is 0 Å². The van der Waals surface area contributed by atoms with Gasteiger partial charge < -0.3 is 0 Å². The topological polar surface area (TPSA) is 12.4 Å². The van der Waals surface area contributed by atoms with Gasteiger partial charge in [-0.2, -0.15) is 0 Å². The summed E-state index contributed by atoms with van der Waals surface area (Å²) in [7, 11) is 0. The molecule has 1 heteroatoms. The van der Waals surface area contributed by atoms with Gasteiger partial charge in [0.05, 0.1) is 0 Å². The summed E-state index contributed by atoms with van der Waals surface area (Å²) in [6.07, 6.45) is 11.8. The van der Waals surface area contributed by atoms with E-state index < -0.39 is 0 Å². The Hall–Kier alpha value is -0.330. The van der Waals surface area contributed by atoms with E-state index in [0.717, 1.165) is 0 Å². The van der Waals surface area contributed by atoms with E-state index in [4.69, 9.17) is 0 Å². The molecular weight excluding hydrogens is 158 g/mol. The van der Waals surface area contributed by atoms with Gasteiger partial charge >= 0.3 is 0 Å². The molecule has 0 saturated heterocycles. The highest BCUT2D eigenvalue weighted by Gasteiger charge is 2.08. The van der Waals surface area contributed by atoms with Gasteiger partial charge in [-0.1, -0.05) is 46.0 Å². The number of aliphatic imine (C=N–C) groups is 1. The van der Waals surface area contributed by atoms with Crippen molar-refractivity contribution in [3.05, 3.63) is 0 Å². The van der Waals surface area contributed by atoms with Gasteiger partial charge in [0.25, 0.3) is 0 Å². The predicted octanol–water partition coefficient (Wildman–Crippen LogP) is 3.83. The molecule has 0 aromatic rings. The second-order valence-corrected chi connectivity index (χ2v) is 4.54. The quantitative estimate of drug-likeness (QED) is 0.574. The summed E-state index contributed by atoms with van der Waals surface area (Å²) in [6, 6.07) is 0.641. The minimum atomic E-state index is 0.616. The molecule has 0 aromatic heterocycles. The summed E-state index contributed by atoms with van der Waals surface area (Å²) >= 11 is 0. The molecule has 0 atom stereocenters. The Bertz CT molecular complexity index is 141. The molecule has 0 amide bonds. The molecule has 0 aliphatic heterocycles. The van der Waals surface area contributed by atoms with Crippen LogP contribution in [-0.4, -0.2) is 12.3 Å². The molecule has 76 valence electrons. The fraction of sp³-hybridized carbons (Fsp3) is 0.917. The largest absolute Gasteiger partial charge is 0.294 e. The molecule has 0 N–H and O–H groups in total. The Morgan fingerprint density at radius 2 is 1.54 bits per heavy atom. The van der Waals surface area contributed by atoms with Crippen molar-refractivity contribution in [3.63, 3.8) is 0 Å². The average molecular weight is 181 g/mol. The molecule has 0 spiro atoms. The Morgan fingerprint density at radius 1 is 1.00 bits per heavy atom. The van der Waals surface area contributed by atoms with Crippen LogP contribution in [0.1, 0.15) is 58.8 Å². The highest BCUT2D eigenvalue weighted by Crippen LogP contribution is 2.19. The second-order valence-electron chi connectivity index (χ2n) is 4.54. The van der Waals surface area contributed by atoms with Crippen molar-refractivity contribution in [2.75, 3.05) is 0 Å². The van der Waals surface area contributed by atoms with Gasteiger partial charge in [-0.25, -0.2) is 0 Å². The van der Waals surface area contributed by atoms with Gasteiger partial charge in [-0.05, 0) is 18.8 Å². The van der Waals surface area contributed by atoms with Gasteiger partial charge in [0.15, 0.2) is 0 Å². The van der Waals surface area contributed by atoms with Gasteiger partial charge in [0.2, 0.25) is 0 Å². The van der Waals surface area contributed by atoms with E-state index in [1.807, 2.05) is 0 Å². The van der Waals surface area contributed by atoms with E-state index in [9.17, 15) is 0 Å². The van der Waals surface area contributed by atoms with Crippen LogP contribution >= 0.6 is 0 Å². The van der Waals surface area contributed by atoms with E-state index in [-0.39, 0.29) is 0 Å². The van der Waals surface area contributed by atoms with Crippen molar-refractivity contribution in [2.24, 2.45) is 10.9 Å². The van der Waals surface area contributed by atoms with E-state index in [1.165, 1.54) is 44.9 Å². The van der Waals surface area contributed by atoms with Crippen molar-refractivity contribution in [1.82, 2.24) is 0 Å². The van der Waals surface area contributed by atoms with E-state index in [0.29, 0.717) is 12.0 Å². The molecule has 1 fully saturated rings. The Morgan fingerprint density at radius 3 is 2.08 bits per heavy atom. The Labute approximate surface area is 82.6 Å². The smallest absolute Gasteiger partial charge is 0.0495 e.